The van der Waals surface area contributed by atoms with Crippen molar-refractivity contribution in [2.45, 2.75) is 27.7 Å². The monoisotopic (exact) mass is 305 g/mol. The van der Waals surface area contributed by atoms with Gasteiger partial charge in [0, 0.05) is 23.9 Å². The van der Waals surface area contributed by atoms with Gasteiger partial charge in [0.1, 0.15) is 0 Å². The van der Waals surface area contributed by atoms with Crippen molar-refractivity contribution in [2.24, 2.45) is 0 Å². The molecule has 0 aromatic rings. The molecule has 0 amide bonds. The van der Waals surface area contributed by atoms with E-state index in [1.54, 1.807) is 0 Å². The van der Waals surface area contributed by atoms with Crippen LogP contribution in [0.15, 0.2) is 0 Å². The Bertz CT molecular complexity index is 168. The normalized spacial score (nSPS) is 5.26. The van der Waals surface area contributed by atoms with Gasteiger partial charge in [0.15, 0.2) is 0 Å². The van der Waals surface area contributed by atoms with Gasteiger partial charge in [-0.3, -0.25) is 0 Å². The summed E-state index contributed by atoms with van der Waals surface area (Å²) in [6.45, 7) is 3.89. The Hall–Kier alpha value is 0.880. The predicted molar refractivity (Wildman–Crippen MR) is 42.7 cm³/mol. The molecule has 8 nitrogen and oxygen atoms in total. The molecule has 0 radical (unpaired) electrons. The molecule has 0 aliphatic heterocycles. The van der Waals surface area contributed by atoms with Crippen molar-refractivity contribution < 1.29 is 128 Å². The van der Waals surface area contributed by atoms with Gasteiger partial charge in [-0.25, -0.2) is 0 Å². The fraction of sp³-hybridized carbons (Fsp3) is 0.500. The van der Waals surface area contributed by atoms with Gasteiger partial charge in [-0.1, -0.05) is 0 Å². The number of carboxylic acid groups (broad SMARTS) is 4. The van der Waals surface area contributed by atoms with E-state index in [1.807, 2.05) is 0 Å². The summed E-state index contributed by atoms with van der Waals surface area (Å²) in [5, 5.41) is 35.6. The fourth-order valence-corrected chi connectivity index (χ4v) is 0. The van der Waals surface area contributed by atoms with Crippen LogP contribution in [0.25, 0.3) is 0 Å². The van der Waals surface area contributed by atoms with Gasteiger partial charge in [0.25, 0.3) is 0 Å². The molecule has 0 saturated heterocycles. The second-order valence-electron chi connectivity index (χ2n) is 1.97. The minimum absolute atomic E-state index is 0. The summed E-state index contributed by atoms with van der Waals surface area (Å²) in [5.41, 5.74) is 0. The third-order valence-corrected chi connectivity index (χ3v) is 0. The molecule has 11 heteroatoms. The second-order valence-corrected chi connectivity index (χ2v) is 1.97. The minimum Gasteiger partial charge on any atom is -0.550 e. The minimum atomic E-state index is -1.08. The first-order valence-electron chi connectivity index (χ1n) is 3.63. The number of carbonyl (C=O) groups excluding carboxylic acids is 4. The molecular formula is C8H12Na3O8-. The van der Waals surface area contributed by atoms with Crippen LogP contribution in [-0.2, 0) is 19.2 Å². The number of rotatable bonds is 0. The molecule has 0 spiro atoms. The predicted octanol–water partition coefficient (Wildman–Crippen LogP) is -14.0. The molecule has 0 rings (SSSR count). The van der Waals surface area contributed by atoms with Crippen LogP contribution >= 0.6 is 0 Å². The first-order chi connectivity index (χ1) is 6.93. The Labute approximate surface area is 177 Å². The van der Waals surface area contributed by atoms with Crippen molar-refractivity contribution >= 4 is 23.9 Å². The zero-order valence-corrected chi connectivity index (χ0v) is 18.3. The summed E-state index contributed by atoms with van der Waals surface area (Å²) in [4.78, 5) is 35.6. The molecule has 96 valence electrons. The molecule has 0 aromatic heterocycles. The van der Waals surface area contributed by atoms with Gasteiger partial charge in [-0.2, -0.15) is 0 Å². The standard InChI is InChI=1S/4C2H4O2.3Na/c4*1-2(3)4;;;/h4*1H3,(H,3,4);;;/q;;;;3*+1/p-4. The largest absolute Gasteiger partial charge is 1.00 e. The second kappa shape index (κ2) is 36.4. The van der Waals surface area contributed by atoms with Gasteiger partial charge >= 0.3 is 88.7 Å². The Morgan fingerprint density at radius 2 is 0.474 bits per heavy atom. The molecule has 0 unspecified atom stereocenters. The number of aliphatic carboxylic acids is 4. The summed E-state index contributed by atoms with van der Waals surface area (Å²) < 4.78 is 0. The van der Waals surface area contributed by atoms with E-state index < -0.39 is 23.9 Å². The molecule has 0 saturated carbocycles. The zero-order chi connectivity index (χ0) is 14.3. The van der Waals surface area contributed by atoms with E-state index in [1.165, 1.54) is 0 Å². The van der Waals surface area contributed by atoms with Crippen LogP contribution in [0.1, 0.15) is 27.7 Å². The maximum Gasteiger partial charge on any atom is 1.00 e. The topological polar surface area (TPSA) is 161 Å². The number of hydrogen-bond acceptors (Lipinski definition) is 8. The van der Waals surface area contributed by atoms with E-state index in [4.69, 9.17) is 39.6 Å². The van der Waals surface area contributed by atoms with Crippen LogP contribution < -0.4 is 109 Å². The maximum atomic E-state index is 8.89. The van der Waals surface area contributed by atoms with E-state index >= 15 is 0 Å². The van der Waals surface area contributed by atoms with Crippen molar-refractivity contribution in [3.05, 3.63) is 0 Å². The first kappa shape index (κ1) is 42.7. The first-order valence-corrected chi connectivity index (χ1v) is 3.63. The smallest absolute Gasteiger partial charge is 0.550 e. The van der Waals surface area contributed by atoms with Crippen LogP contribution in [-0.4, -0.2) is 23.9 Å². The Morgan fingerprint density at radius 3 is 0.474 bits per heavy atom. The van der Waals surface area contributed by atoms with Gasteiger partial charge in [-0.15, -0.1) is 0 Å². The summed E-state index contributed by atoms with van der Waals surface area (Å²) in [6.07, 6.45) is 0. The van der Waals surface area contributed by atoms with Crippen LogP contribution in [0.4, 0.5) is 0 Å². The van der Waals surface area contributed by atoms with E-state index in [0.717, 1.165) is 27.7 Å². The van der Waals surface area contributed by atoms with Gasteiger partial charge in [0.05, 0.1) is 0 Å². The molecule has 0 N–H and O–H groups in total. The Balaban J connectivity index is -0.0000000192. The van der Waals surface area contributed by atoms with E-state index in [2.05, 4.69) is 0 Å². The fourth-order valence-electron chi connectivity index (χ4n) is 0. The number of carboxylic acids is 4. The molecule has 0 atom stereocenters. The quantitative estimate of drug-likeness (QED) is 0.398. The van der Waals surface area contributed by atoms with Crippen molar-refractivity contribution in [3.8, 4) is 0 Å². The molecule has 0 aromatic carbocycles. The van der Waals surface area contributed by atoms with Gasteiger partial charge in [-0.05, 0) is 27.7 Å². The number of hydrogen-bond donors (Lipinski definition) is 0. The van der Waals surface area contributed by atoms with E-state index in [9.17, 15) is 0 Å². The van der Waals surface area contributed by atoms with Crippen molar-refractivity contribution in [3.63, 3.8) is 0 Å². The molecule has 0 aliphatic carbocycles. The van der Waals surface area contributed by atoms with Crippen LogP contribution in [0.2, 0.25) is 0 Å². The number of carbonyl (C=O) groups is 4. The third-order valence-electron chi connectivity index (χ3n) is 0. The Morgan fingerprint density at radius 1 is 0.474 bits per heavy atom. The summed E-state index contributed by atoms with van der Waals surface area (Å²) >= 11 is 0. The van der Waals surface area contributed by atoms with Crippen LogP contribution in [0.3, 0.4) is 0 Å². The van der Waals surface area contributed by atoms with E-state index in [-0.39, 0.29) is 88.7 Å². The summed E-state index contributed by atoms with van der Waals surface area (Å²) in [5.74, 6) is -4.33. The zero-order valence-electron chi connectivity index (χ0n) is 12.3. The van der Waals surface area contributed by atoms with Crippen molar-refractivity contribution in [1.82, 2.24) is 0 Å². The van der Waals surface area contributed by atoms with E-state index in [0.29, 0.717) is 0 Å². The van der Waals surface area contributed by atoms with Gasteiger partial charge in [0.2, 0.25) is 0 Å². The van der Waals surface area contributed by atoms with Crippen molar-refractivity contribution in [1.29, 1.82) is 0 Å². The summed E-state index contributed by atoms with van der Waals surface area (Å²) in [6, 6.07) is 0. The Kier molecular flexibility index (Phi) is 81.8. The SMILES string of the molecule is CC(=O)[O-].CC(=O)[O-].CC(=O)[O-].CC(=O)[O-].[Na+].[Na+].[Na+]. The molecule has 0 fully saturated rings. The summed E-state index contributed by atoms with van der Waals surface area (Å²) in [7, 11) is 0. The average Bonchev–Trinajstić information content (AvgIpc) is 1.76. The molecule has 0 bridgehead atoms. The van der Waals surface area contributed by atoms with Gasteiger partial charge < -0.3 is 39.6 Å². The molecular weight excluding hydrogens is 293 g/mol. The van der Waals surface area contributed by atoms with Crippen LogP contribution in [0.5, 0.6) is 0 Å². The third kappa shape index (κ3) is 6950. The molecule has 19 heavy (non-hydrogen) atoms. The molecule has 0 aliphatic rings. The molecule has 0 heterocycles. The average molecular weight is 305 g/mol. The maximum absolute atomic E-state index is 8.89. The van der Waals surface area contributed by atoms with Crippen LogP contribution in [0, 0.1) is 0 Å². The van der Waals surface area contributed by atoms with Crippen molar-refractivity contribution in [2.75, 3.05) is 0 Å².